The molecule has 21 heavy (non-hydrogen) atoms. The zero-order valence-electron chi connectivity index (χ0n) is 12.5. The van der Waals surface area contributed by atoms with Gasteiger partial charge in [-0.05, 0) is 54.5 Å². The van der Waals surface area contributed by atoms with Crippen LogP contribution in [-0.2, 0) is 6.42 Å². The minimum atomic E-state index is 0.403. The quantitative estimate of drug-likeness (QED) is 0.705. The van der Waals surface area contributed by atoms with E-state index in [-0.39, 0.29) is 0 Å². The lowest BCUT2D eigenvalue weighted by atomic mass is 10.0. The van der Waals surface area contributed by atoms with Crippen molar-refractivity contribution in [2.75, 3.05) is 5.32 Å². The summed E-state index contributed by atoms with van der Waals surface area (Å²) in [5.74, 6) is 0.751. The molecule has 1 fully saturated rings. The van der Waals surface area contributed by atoms with Gasteiger partial charge >= 0.3 is 0 Å². The topological polar surface area (TPSA) is 12.0 Å². The molecule has 1 nitrogen and oxygen atoms in total. The predicted octanol–water partition coefficient (Wildman–Crippen LogP) is 5.86. The highest BCUT2D eigenvalue weighted by molar-refractivity contribution is 6.30. The van der Waals surface area contributed by atoms with Crippen LogP contribution in [0.3, 0.4) is 0 Å². The molecular weight excluding hydrogens is 278 g/mol. The lowest BCUT2D eigenvalue weighted by Crippen LogP contribution is -2.14. The maximum absolute atomic E-state index is 6.02. The second-order valence-electron chi connectivity index (χ2n) is 5.92. The second kappa shape index (κ2) is 6.53. The molecule has 0 heterocycles. The Labute approximate surface area is 132 Å². The number of anilines is 1. The number of halogens is 1. The summed E-state index contributed by atoms with van der Waals surface area (Å²) in [7, 11) is 0. The molecule has 1 N–H and O–H groups in total. The second-order valence-corrected chi connectivity index (χ2v) is 6.35. The predicted molar refractivity (Wildman–Crippen MR) is 91.0 cm³/mol. The first-order valence-corrected chi connectivity index (χ1v) is 8.25. The standard InChI is InChI=1S/C19H22ClN/c1-2-5-14-6-3-4-7-18(14)21-19(15-8-9-15)16-10-12-17(20)13-11-16/h3-4,6-7,10-13,15,19,21H,2,5,8-9H2,1H3. The van der Waals surface area contributed by atoms with E-state index in [0.29, 0.717) is 6.04 Å². The molecule has 1 saturated carbocycles. The Hall–Kier alpha value is -1.47. The summed E-state index contributed by atoms with van der Waals surface area (Å²) in [6, 6.07) is 17.4. The number of rotatable bonds is 6. The van der Waals surface area contributed by atoms with E-state index in [1.807, 2.05) is 12.1 Å². The van der Waals surface area contributed by atoms with Gasteiger partial charge in [0.2, 0.25) is 0 Å². The largest absolute Gasteiger partial charge is 0.378 e. The van der Waals surface area contributed by atoms with Crippen LogP contribution in [-0.4, -0.2) is 0 Å². The fourth-order valence-electron chi connectivity index (χ4n) is 2.89. The van der Waals surface area contributed by atoms with E-state index in [4.69, 9.17) is 11.6 Å². The number of para-hydroxylation sites is 1. The molecule has 2 aromatic rings. The van der Waals surface area contributed by atoms with Crippen LogP contribution in [0.25, 0.3) is 0 Å². The fourth-order valence-corrected chi connectivity index (χ4v) is 3.02. The van der Waals surface area contributed by atoms with E-state index in [9.17, 15) is 0 Å². The van der Waals surface area contributed by atoms with Crippen molar-refractivity contribution >= 4 is 17.3 Å². The van der Waals surface area contributed by atoms with Crippen LogP contribution < -0.4 is 5.32 Å². The van der Waals surface area contributed by atoms with E-state index >= 15 is 0 Å². The third-order valence-corrected chi connectivity index (χ3v) is 4.42. The van der Waals surface area contributed by atoms with E-state index in [0.717, 1.165) is 17.4 Å². The van der Waals surface area contributed by atoms with Crippen molar-refractivity contribution < 1.29 is 0 Å². The van der Waals surface area contributed by atoms with Crippen molar-refractivity contribution in [3.8, 4) is 0 Å². The molecule has 0 bridgehead atoms. The Bertz CT molecular complexity index is 587. The average Bonchev–Trinajstić information content (AvgIpc) is 3.32. The zero-order valence-corrected chi connectivity index (χ0v) is 13.2. The Balaban J connectivity index is 1.84. The molecule has 1 aliphatic carbocycles. The first kappa shape index (κ1) is 14.5. The number of aryl methyl sites for hydroxylation is 1. The minimum Gasteiger partial charge on any atom is -0.378 e. The molecule has 1 aliphatic rings. The molecule has 0 amide bonds. The van der Waals surface area contributed by atoms with Crippen LogP contribution in [0.5, 0.6) is 0 Å². The van der Waals surface area contributed by atoms with E-state index in [1.54, 1.807) is 0 Å². The maximum atomic E-state index is 6.02. The summed E-state index contributed by atoms with van der Waals surface area (Å²) < 4.78 is 0. The molecule has 0 saturated heterocycles. The van der Waals surface area contributed by atoms with Gasteiger partial charge in [0.1, 0.15) is 0 Å². The average molecular weight is 300 g/mol. The summed E-state index contributed by atoms with van der Waals surface area (Å²) in [4.78, 5) is 0. The van der Waals surface area contributed by atoms with Gasteiger partial charge < -0.3 is 5.32 Å². The molecule has 0 aromatic heterocycles. The third-order valence-electron chi connectivity index (χ3n) is 4.17. The molecule has 1 unspecified atom stereocenters. The van der Waals surface area contributed by atoms with Gasteiger partial charge in [0.05, 0.1) is 6.04 Å². The van der Waals surface area contributed by atoms with Gasteiger partial charge in [-0.25, -0.2) is 0 Å². The van der Waals surface area contributed by atoms with E-state index in [2.05, 4.69) is 48.6 Å². The molecule has 3 rings (SSSR count). The van der Waals surface area contributed by atoms with Crippen molar-refractivity contribution in [3.63, 3.8) is 0 Å². The first-order chi connectivity index (χ1) is 10.3. The molecule has 1 atom stereocenters. The maximum Gasteiger partial charge on any atom is 0.0542 e. The number of nitrogens with one attached hydrogen (secondary N) is 1. The van der Waals surface area contributed by atoms with Crippen molar-refractivity contribution in [2.45, 2.75) is 38.6 Å². The van der Waals surface area contributed by atoms with Crippen molar-refractivity contribution in [2.24, 2.45) is 5.92 Å². The van der Waals surface area contributed by atoms with Crippen LogP contribution >= 0.6 is 11.6 Å². The van der Waals surface area contributed by atoms with Gasteiger partial charge in [-0.2, -0.15) is 0 Å². The lowest BCUT2D eigenvalue weighted by molar-refractivity contribution is 0.677. The highest BCUT2D eigenvalue weighted by Gasteiger charge is 2.32. The smallest absolute Gasteiger partial charge is 0.0542 e. The third kappa shape index (κ3) is 3.59. The minimum absolute atomic E-state index is 0.403. The van der Waals surface area contributed by atoms with Crippen LogP contribution in [0, 0.1) is 5.92 Å². The molecular formula is C19H22ClN. The molecule has 2 heteroatoms. The van der Waals surface area contributed by atoms with Crippen LogP contribution in [0.15, 0.2) is 48.5 Å². The highest BCUT2D eigenvalue weighted by Crippen LogP contribution is 2.43. The molecule has 0 aliphatic heterocycles. The van der Waals surface area contributed by atoms with Gasteiger partial charge in [0.25, 0.3) is 0 Å². The summed E-state index contributed by atoms with van der Waals surface area (Å²) in [5.41, 5.74) is 4.04. The molecule has 110 valence electrons. The van der Waals surface area contributed by atoms with Crippen molar-refractivity contribution in [3.05, 3.63) is 64.7 Å². The highest BCUT2D eigenvalue weighted by atomic mass is 35.5. The van der Waals surface area contributed by atoms with Gasteiger partial charge in [0.15, 0.2) is 0 Å². The van der Waals surface area contributed by atoms with Gasteiger partial charge in [-0.3, -0.25) is 0 Å². The Morgan fingerprint density at radius 2 is 1.81 bits per heavy atom. The summed E-state index contributed by atoms with van der Waals surface area (Å²) >= 11 is 6.02. The Kier molecular flexibility index (Phi) is 4.50. The van der Waals surface area contributed by atoms with Crippen LogP contribution in [0.4, 0.5) is 5.69 Å². The van der Waals surface area contributed by atoms with Gasteiger partial charge in [0, 0.05) is 10.7 Å². The van der Waals surface area contributed by atoms with E-state index < -0.39 is 0 Å². The zero-order chi connectivity index (χ0) is 14.7. The number of benzene rings is 2. The molecule has 0 radical (unpaired) electrons. The summed E-state index contributed by atoms with van der Waals surface area (Å²) in [6.07, 6.45) is 4.93. The molecule has 2 aromatic carbocycles. The van der Waals surface area contributed by atoms with Crippen molar-refractivity contribution in [1.82, 2.24) is 0 Å². The van der Waals surface area contributed by atoms with Crippen LogP contribution in [0.2, 0.25) is 5.02 Å². The Morgan fingerprint density at radius 3 is 2.48 bits per heavy atom. The number of hydrogen-bond donors (Lipinski definition) is 1. The SMILES string of the molecule is CCCc1ccccc1NC(c1ccc(Cl)cc1)C1CC1. The van der Waals surface area contributed by atoms with Gasteiger partial charge in [-0.1, -0.05) is 55.3 Å². The first-order valence-electron chi connectivity index (χ1n) is 7.88. The Morgan fingerprint density at radius 1 is 1.10 bits per heavy atom. The van der Waals surface area contributed by atoms with Crippen LogP contribution in [0.1, 0.15) is 43.4 Å². The normalized spacial score (nSPS) is 15.7. The van der Waals surface area contributed by atoms with E-state index in [1.165, 1.54) is 36.1 Å². The fraction of sp³-hybridized carbons (Fsp3) is 0.368. The lowest BCUT2D eigenvalue weighted by Gasteiger charge is -2.22. The van der Waals surface area contributed by atoms with Gasteiger partial charge in [-0.15, -0.1) is 0 Å². The van der Waals surface area contributed by atoms with Crippen molar-refractivity contribution in [1.29, 1.82) is 0 Å². The monoisotopic (exact) mass is 299 g/mol. The summed E-state index contributed by atoms with van der Waals surface area (Å²) in [5, 5.41) is 4.59. The number of hydrogen-bond acceptors (Lipinski definition) is 1. The molecule has 0 spiro atoms. The summed E-state index contributed by atoms with van der Waals surface area (Å²) in [6.45, 7) is 2.23.